The van der Waals surface area contributed by atoms with E-state index in [9.17, 15) is 14.7 Å². The summed E-state index contributed by atoms with van der Waals surface area (Å²) in [5.74, 6) is 2.05. The van der Waals surface area contributed by atoms with Gasteiger partial charge in [-0.3, -0.25) is 9.59 Å². The van der Waals surface area contributed by atoms with Crippen LogP contribution in [-0.4, -0.2) is 60.3 Å². The Morgan fingerprint density at radius 2 is 1.68 bits per heavy atom. The lowest BCUT2D eigenvalue weighted by Gasteiger charge is -2.29. The van der Waals surface area contributed by atoms with Gasteiger partial charge in [0.15, 0.2) is 17.3 Å². The highest BCUT2D eigenvalue weighted by Gasteiger charge is 2.28. The molecule has 2 aliphatic heterocycles. The summed E-state index contributed by atoms with van der Waals surface area (Å²) in [5, 5.41) is 14.2. The van der Waals surface area contributed by atoms with Gasteiger partial charge in [0.05, 0.1) is 12.1 Å². The highest BCUT2D eigenvalue weighted by atomic mass is 16.7. The largest absolute Gasteiger partial charge is 0.491 e. The molecule has 8 nitrogen and oxygen atoms in total. The van der Waals surface area contributed by atoms with Crippen molar-refractivity contribution in [3.8, 4) is 17.2 Å². The second-order valence-corrected chi connectivity index (χ2v) is 10.4. The molecular formula is C30H40N2O6. The Balaban J connectivity index is 1.22. The zero-order valence-electron chi connectivity index (χ0n) is 22.5. The molecular weight excluding hydrogens is 484 g/mol. The zero-order chi connectivity index (χ0) is 26.9. The SMILES string of the molecule is CC(C)Oc1ccc(C(=O)CCCCCC(=O)N[C@H](CN2CCCC2)[C@H](O)c2ccc3c(c2)OCO3)cc1. The molecule has 4 rings (SSSR count). The first-order valence-electron chi connectivity index (χ1n) is 13.8. The molecule has 2 N–H and O–H groups in total. The van der Waals surface area contributed by atoms with Gasteiger partial charge in [0.2, 0.25) is 12.7 Å². The Hall–Kier alpha value is -3.10. The maximum Gasteiger partial charge on any atom is 0.231 e. The van der Waals surface area contributed by atoms with Crippen molar-refractivity contribution >= 4 is 11.7 Å². The normalized spacial score (nSPS) is 16.4. The molecule has 1 saturated heterocycles. The van der Waals surface area contributed by atoms with E-state index in [1.165, 1.54) is 0 Å². The number of fused-ring (bicyclic) bond motifs is 1. The summed E-state index contributed by atoms with van der Waals surface area (Å²) >= 11 is 0. The van der Waals surface area contributed by atoms with Crippen LogP contribution in [0.4, 0.5) is 0 Å². The fourth-order valence-corrected chi connectivity index (χ4v) is 4.96. The zero-order valence-corrected chi connectivity index (χ0v) is 22.5. The summed E-state index contributed by atoms with van der Waals surface area (Å²) in [5.41, 5.74) is 1.38. The number of carbonyl (C=O) groups excluding carboxylic acids is 2. The molecule has 0 unspecified atom stereocenters. The van der Waals surface area contributed by atoms with E-state index < -0.39 is 12.1 Å². The van der Waals surface area contributed by atoms with Gasteiger partial charge >= 0.3 is 0 Å². The number of Topliss-reactive ketones (excluding diaryl/α,β-unsaturated/α-hetero) is 1. The minimum absolute atomic E-state index is 0.0824. The van der Waals surface area contributed by atoms with Crippen molar-refractivity contribution in [2.75, 3.05) is 26.4 Å². The molecule has 2 aromatic carbocycles. The van der Waals surface area contributed by atoms with Crippen molar-refractivity contribution in [1.29, 1.82) is 0 Å². The van der Waals surface area contributed by atoms with E-state index in [1.807, 2.05) is 32.0 Å². The Morgan fingerprint density at radius 3 is 2.42 bits per heavy atom. The fraction of sp³-hybridized carbons (Fsp3) is 0.533. The second-order valence-electron chi connectivity index (χ2n) is 10.4. The standard InChI is InChI=1S/C30H40N2O6/c1-21(2)38-24-13-10-22(11-14-24)26(33)8-4-3-5-9-29(34)31-25(19-32-16-6-7-17-32)30(35)23-12-15-27-28(18-23)37-20-36-27/h10-15,18,21,25,30,35H,3-9,16-17,19-20H2,1-2H3,(H,31,34)/t25-,30-/m1/s1. The minimum atomic E-state index is -0.857. The van der Waals surface area contributed by atoms with Crippen molar-refractivity contribution in [2.45, 2.75) is 77.0 Å². The van der Waals surface area contributed by atoms with Crippen LogP contribution in [-0.2, 0) is 4.79 Å². The van der Waals surface area contributed by atoms with Gasteiger partial charge < -0.3 is 29.5 Å². The van der Waals surface area contributed by atoms with Crippen molar-refractivity contribution < 1.29 is 28.9 Å². The third kappa shape index (κ3) is 7.95. The Labute approximate surface area is 225 Å². The van der Waals surface area contributed by atoms with E-state index in [0.717, 1.165) is 44.5 Å². The van der Waals surface area contributed by atoms with Crippen LogP contribution in [0.15, 0.2) is 42.5 Å². The third-order valence-corrected chi connectivity index (χ3v) is 6.97. The number of hydrogen-bond acceptors (Lipinski definition) is 7. The van der Waals surface area contributed by atoms with Gasteiger partial charge in [0.25, 0.3) is 0 Å². The first-order valence-corrected chi connectivity index (χ1v) is 13.8. The molecule has 0 aliphatic carbocycles. The number of benzene rings is 2. The van der Waals surface area contributed by atoms with Crippen LogP contribution in [0, 0.1) is 0 Å². The molecule has 38 heavy (non-hydrogen) atoms. The van der Waals surface area contributed by atoms with E-state index in [4.69, 9.17) is 14.2 Å². The number of likely N-dealkylation sites (tertiary alicyclic amines) is 1. The molecule has 0 saturated carbocycles. The number of ether oxygens (including phenoxy) is 3. The number of rotatable bonds is 14. The van der Waals surface area contributed by atoms with E-state index in [0.29, 0.717) is 48.4 Å². The van der Waals surface area contributed by atoms with Crippen molar-refractivity contribution in [1.82, 2.24) is 10.2 Å². The van der Waals surface area contributed by atoms with Gasteiger partial charge in [0.1, 0.15) is 11.9 Å². The van der Waals surface area contributed by atoms with Crippen LogP contribution in [0.2, 0.25) is 0 Å². The van der Waals surface area contributed by atoms with Gasteiger partial charge in [-0.1, -0.05) is 12.5 Å². The quantitative estimate of drug-likeness (QED) is 0.274. The Morgan fingerprint density at radius 1 is 0.974 bits per heavy atom. The lowest BCUT2D eigenvalue weighted by atomic mass is 10.0. The summed E-state index contributed by atoms with van der Waals surface area (Å²) in [6, 6.07) is 12.2. The van der Waals surface area contributed by atoms with E-state index in [-0.39, 0.29) is 24.6 Å². The monoisotopic (exact) mass is 524 g/mol. The van der Waals surface area contributed by atoms with E-state index >= 15 is 0 Å². The summed E-state index contributed by atoms with van der Waals surface area (Å²) in [4.78, 5) is 27.6. The highest BCUT2D eigenvalue weighted by Crippen LogP contribution is 2.35. The molecule has 0 bridgehead atoms. The minimum Gasteiger partial charge on any atom is -0.491 e. The average molecular weight is 525 g/mol. The van der Waals surface area contributed by atoms with Crippen LogP contribution >= 0.6 is 0 Å². The van der Waals surface area contributed by atoms with Crippen LogP contribution in [0.1, 0.15) is 80.8 Å². The van der Waals surface area contributed by atoms with Crippen LogP contribution < -0.4 is 19.5 Å². The Bertz CT molecular complexity index is 1060. The number of nitrogens with one attached hydrogen (secondary N) is 1. The number of carbonyl (C=O) groups is 2. The van der Waals surface area contributed by atoms with Crippen LogP contribution in [0.25, 0.3) is 0 Å². The van der Waals surface area contributed by atoms with Gasteiger partial charge in [-0.2, -0.15) is 0 Å². The van der Waals surface area contributed by atoms with Crippen molar-refractivity contribution in [3.05, 3.63) is 53.6 Å². The summed E-state index contributed by atoms with van der Waals surface area (Å²) < 4.78 is 16.5. The molecule has 8 heteroatoms. The molecule has 2 heterocycles. The average Bonchev–Trinajstić information content (AvgIpc) is 3.59. The third-order valence-electron chi connectivity index (χ3n) is 6.97. The van der Waals surface area contributed by atoms with Crippen LogP contribution in [0.3, 0.4) is 0 Å². The molecule has 0 spiro atoms. The van der Waals surface area contributed by atoms with Gasteiger partial charge in [-0.25, -0.2) is 0 Å². The number of unbranched alkanes of at least 4 members (excludes halogenated alkanes) is 2. The van der Waals surface area contributed by atoms with E-state index in [1.54, 1.807) is 24.3 Å². The summed E-state index contributed by atoms with van der Waals surface area (Å²) in [7, 11) is 0. The number of aliphatic hydroxyl groups excluding tert-OH is 1. The number of hydrogen-bond donors (Lipinski definition) is 2. The van der Waals surface area contributed by atoms with Gasteiger partial charge in [-0.15, -0.1) is 0 Å². The second kappa shape index (κ2) is 13.6. The number of nitrogens with zero attached hydrogens (tertiary/aromatic N) is 1. The van der Waals surface area contributed by atoms with Gasteiger partial charge in [-0.05, 0) is 94.6 Å². The number of ketones is 1. The predicted octanol–water partition coefficient (Wildman–Crippen LogP) is 4.65. The molecule has 0 radical (unpaired) electrons. The van der Waals surface area contributed by atoms with Crippen molar-refractivity contribution in [2.24, 2.45) is 0 Å². The molecule has 1 amide bonds. The smallest absolute Gasteiger partial charge is 0.231 e. The highest BCUT2D eigenvalue weighted by molar-refractivity contribution is 5.96. The van der Waals surface area contributed by atoms with Crippen LogP contribution in [0.5, 0.6) is 17.2 Å². The topological polar surface area (TPSA) is 97.3 Å². The number of amides is 1. The summed E-state index contributed by atoms with van der Waals surface area (Å²) in [6.45, 7) is 6.65. The predicted molar refractivity (Wildman–Crippen MR) is 145 cm³/mol. The Kier molecular flexibility index (Phi) is 10.0. The lowest BCUT2D eigenvalue weighted by molar-refractivity contribution is -0.123. The number of aliphatic hydroxyl groups is 1. The lowest BCUT2D eigenvalue weighted by Crippen LogP contribution is -2.46. The molecule has 2 aromatic rings. The maximum atomic E-state index is 12.8. The maximum absolute atomic E-state index is 12.8. The fourth-order valence-electron chi connectivity index (χ4n) is 4.96. The van der Waals surface area contributed by atoms with Gasteiger partial charge in [0, 0.05) is 24.9 Å². The molecule has 0 aromatic heterocycles. The molecule has 2 atom stereocenters. The summed E-state index contributed by atoms with van der Waals surface area (Å²) in [6.07, 6.45) is 4.52. The molecule has 206 valence electrons. The van der Waals surface area contributed by atoms with Crippen molar-refractivity contribution in [3.63, 3.8) is 0 Å². The molecule has 2 aliphatic rings. The first-order chi connectivity index (χ1) is 18.4. The molecule has 1 fully saturated rings. The first kappa shape index (κ1) is 27.9. The van der Waals surface area contributed by atoms with E-state index in [2.05, 4.69) is 10.2 Å².